The fourth-order valence-electron chi connectivity index (χ4n) is 2.62. The minimum Gasteiger partial charge on any atom is -0.344 e. The molecule has 0 saturated heterocycles. The average molecular weight is 385 g/mol. The van der Waals surface area contributed by atoms with Gasteiger partial charge in [-0.1, -0.05) is 41.9 Å². The van der Waals surface area contributed by atoms with Crippen molar-refractivity contribution in [1.29, 1.82) is 0 Å². The van der Waals surface area contributed by atoms with E-state index in [9.17, 15) is 14.4 Å². The number of halogens is 1. The van der Waals surface area contributed by atoms with Gasteiger partial charge in [-0.25, -0.2) is 5.10 Å². The van der Waals surface area contributed by atoms with Gasteiger partial charge in [0.1, 0.15) is 6.04 Å². The van der Waals surface area contributed by atoms with E-state index in [1.54, 1.807) is 55.5 Å². The number of carbonyl (C=O) groups excluding carboxylic acids is 2. The molecule has 1 aromatic heterocycles. The van der Waals surface area contributed by atoms with Crippen molar-refractivity contribution in [2.45, 2.75) is 19.4 Å². The van der Waals surface area contributed by atoms with Crippen molar-refractivity contribution in [3.63, 3.8) is 0 Å². The first-order chi connectivity index (χ1) is 13.0. The van der Waals surface area contributed by atoms with Crippen LogP contribution in [0.15, 0.2) is 53.3 Å². The summed E-state index contributed by atoms with van der Waals surface area (Å²) in [5, 5.41) is 13.1. The minimum atomic E-state index is -0.775. The second-order valence-electron chi connectivity index (χ2n) is 5.98. The maximum atomic E-state index is 12.3. The summed E-state index contributed by atoms with van der Waals surface area (Å²) in [4.78, 5) is 36.4. The highest BCUT2D eigenvalue weighted by Crippen LogP contribution is 2.20. The summed E-state index contributed by atoms with van der Waals surface area (Å²) in [6.45, 7) is 1.57. The third-order valence-electron chi connectivity index (χ3n) is 4.01. The molecule has 3 aromatic rings. The largest absolute Gasteiger partial charge is 0.344 e. The summed E-state index contributed by atoms with van der Waals surface area (Å²) < 4.78 is 0. The van der Waals surface area contributed by atoms with Gasteiger partial charge in [-0.15, -0.1) is 0 Å². The van der Waals surface area contributed by atoms with Crippen LogP contribution in [0.1, 0.15) is 12.6 Å². The predicted molar refractivity (Wildman–Crippen MR) is 104 cm³/mol. The number of aromatic amines is 1. The number of carbonyl (C=O) groups is 2. The molecule has 0 aliphatic rings. The molecule has 0 aliphatic heterocycles. The van der Waals surface area contributed by atoms with E-state index in [0.29, 0.717) is 27.2 Å². The van der Waals surface area contributed by atoms with E-state index in [0.717, 1.165) is 0 Å². The van der Waals surface area contributed by atoms with Gasteiger partial charge in [-0.3, -0.25) is 14.4 Å². The molecule has 2 amide bonds. The lowest BCUT2D eigenvalue weighted by atomic mass is 10.1. The molecular weight excluding hydrogens is 368 g/mol. The van der Waals surface area contributed by atoms with Gasteiger partial charge in [-0.2, -0.15) is 5.10 Å². The number of benzene rings is 2. The highest BCUT2D eigenvalue weighted by atomic mass is 35.5. The van der Waals surface area contributed by atoms with Crippen molar-refractivity contribution >= 4 is 39.9 Å². The van der Waals surface area contributed by atoms with Gasteiger partial charge in [-0.05, 0) is 25.1 Å². The molecule has 138 valence electrons. The van der Waals surface area contributed by atoms with Crippen molar-refractivity contribution in [3.8, 4) is 0 Å². The number of nitrogens with one attached hydrogen (secondary N) is 3. The smallest absolute Gasteiger partial charge is 0.272 e. The van der Waals surface area contributed by atoms with Crippen LogP contribution in [0, 0.1) is 0 Å². The molecule has 0 bridgehead atoms. The number of hydrogen-bond donors (Lipinski definition) is 3. The molecule has 7 nitrogen and oxygen atoms in total. The van der Waals surface area contributed by atoms with Gasteiger partial charge in [0.15, 0.2) is 0 Å². The van der Waals surface area contributed by atoms with Gasteiger partial charge in [0.05, 0.1) is 28.2 Å². The Morgan fingerprint density at radius 1 is 1.11 bits per heavy atom. The van der Waals surface area contributed by atoms with Gasteiger partial charge in [0.2, 0.25) is 11.8 Å². The van der Waals surface area contributed by atoms with Crippen LogP contribution < -0.4 is 16.2 Å². The van der Waals surface area contributed by atoms with E-state index in [1.807, 2.05) is 0 Å². The molecule has 1 atom stereocenters. The van der Waals surface area contributed by atoms with Crippen LogP contribution in [0.25, 0.3) is 10.8 Å². The molecule has 0 fully saturated rings. The number of amides is 2. The lowest BCUT2D eigenvalue weighted by Crippen LogP contribution is -2.42. The summed E-state index contributed by atoms with van der Waals surface area (Å²) in [5.74, 6) is -0.780. The SMILES string of the molecule is C[C@@H](NC(=O)Cc1n[nH]c(=O)c2ccccc12)C(=O)Nc1ccccc1Cl. The maximum absolute atomic E-state index is 12.3. The fourth-order valence-corrected chi connectivity index (χ4v) is 2.80. The van der Waals surface area contributed by atoms with E-state index < -0.39 is 11.9 Å². The molecule has 0 saturated carbocycles. The average Bonchev–Trinajstić information content (AvgIpc) is 2.66. The summed E-state index contributed by atoms with van der Waals surface area (Å²) in [5.41, 5.74) is 0.585. The molecule has 3 N–H and O–H groups in total. The number of anilines is 1. The highest BCUT2D eigenvalue weighted by Gasteiger charge is 2.18. The molecule has 2 aromatic carbocycles. The Kier molecular flexibility index (Phi) is 5.52. The number of H-pyrrole nitrogens is 1. The third kappa shape index (κ3) is 4.32. The fraction of sp³-hybridized carbons (Fsp3) is 0.158. The molecule has 1 heterocycles. The number of hydrogen-bond acceptors (Lipinski definition) is 4. The number of rotatable bonds is 5. The van der Waals surface area contributed by atoms with E-state index in [4.69, 9.17) is 11.6 Å². The molecular formula is C19H17ClN4O3. The van der Waals surface area contributed by atoms with E-state index in [2.05, 4.69) is 20.8 Å². The normalized spacial score (nSPS) is 11.8. The zero-order valence-electron chi connectivity index (χ0n) is 14.5. The van der Waals surface area contributed by atoms with E-state index in [-0.39, 0.29) is 17.9 Å². The molecule has 8 heteroatoms. The van der Waals surface area contributed by atoms with Crippen molar-refractivity contribution in [3.05, 3.63) is 69.6 Å². The Morgan fingerprint density at radius 2 is 1.78 bits per heavy atom. The van der Waals surface area contributed by atoms with Crippen LogP contribution >= 0.6 is 11.6 Å². The Bertz CT molecular complexity index is 1060. The van der Waals surface area contributed by atoms with Crippen molar-refractivity contribution < 1.29 is 9.59 Å². The second-order valence-corrected chi connectivity index (χ2v) is 6.39. The van der Waals surface area contributed by atoms with Gasteiger partial charge in [0.25, 0.3) is 5.56 Å². The van der Waals surface area contributed by atoms with Crippen LogP contribution in [-0.2, 0) is 16.0 Å². The van der Waals surface area contributed by atoms with Gasteiger partial charge in [0, 0.05) is 5.39 Å². The van der Waals surface area contributed by atoms with E-state index >= 15 is 0 Å². The summed E-state index contributed by atoms with van der Waals surface area (Å²) >= 11 is 6.01. The Balaban J connectivity index is 1.67. The standard InChI is InChI=1S/C19H17ClN4O3/c1-11(18(26)22-15-9-5-4-8-14(15)20)21-17(25)10-16-12-6-2-3-7-13(12)19(27)24-23-16/h2-9,11H,10H2,1H3,(H,21,25)(H,22,26)(H,24,27)/t11-/m1/s1. The van der Waals surface area contributed by atoms with Crippen molar-refractivity contribution in [2.24, 2.45) is 0 Å². The lowest BCUT2D eigenvalue weighted by Gasteiger charge is -2.15. The molecule has 0 unspecified atom stereocenters. The summed E-state index contributed by atoms with van der Waals surface area (Å²) in [6, 6.07) is 13.0. The second kappa shape index (κ2) is 8.01. The van der Waals surface area contributed by atoms with Crippen LogP contribution in [0.3, 0.4) is 0 Å². The topological polar surface area (TPSA) is 104 Å². The third-order valence-corrected chi connectivity index (χ3v) is 4.34. The molecule has 0 aliphatic carbocycles. The summed E-state index contributed by atoms with van der Waals surface area (Å²) in [6.07, 6.45) is -0.0684. The zero-order valence-corrected chi connectivity index (χ0v) is 15.2. The quantitative estimate of drug-likeness (QED) is 0.627. The Morgan fingerprint density at radius 3 is 2.52 bits per heavy atom. The zero-order chi connectivity index (χ0) is 19.4. The lowest BCUT2D eigenvalue weighted by molar-refractivity contribution is -0.125. The van der Waals surface area contributed by atoms with Crippen LogP contribution in [0.2, 0.25) is 5.02 Å². The first-order valence-electron chi connectivity index (χ1n) is 8.27. The molecule has 0 radical (unpaired) electrons. The number of aromatic nitrogens is 2. The summed E-state index contributed by atoms with van der Waals surface area (Å²) in [7, 11) is 0. The van der Waals surface area contributed by atoms with E-state index in [1.165, 1.54) is 0 Å². The Labute approximate surface area is 159 Å². The van der Waals surface area contributed by atoms with Crippen molar-refractivity contribution in [1.82, 2.24) is 15.5 Å². The first-order valence-corrected chi connectivity index (χ1v) is 8.64. The number of nitrogens with zero attached hydrogens (tertiary/aromatic N) is 1. The maximum Gasteiger partial charge on any atom is 0.272 e. The van der Waals surface area contributed by atoms with Gasteiger partial charge < -0.3 is 10.6 Å². The first kappa shape index (κ1) is 18.6. The number of fused-ring (bicyclic) bond motifs is 1. The Hall–Kier alpha value is -3.19. The van der Waals surface area contributed by atoms with Gasteiger partial charge >= 0.3 is 0 Å². The molecule has 27 heavy (non-hydrogen) atoms. The monoisotopic (exact) mass is 384 g/mol. The number of para-hydroxylation sites is 1. The van der Waals surface area contributed by atoms with Crippen molar-refractivity contribution in [2.75, 3.05) is 5.32 Å². The van der Waals surface area contributed by atoms with Crippen LogP contribution in [0.4, 0.5) is 5.69 Å². The molecule has 3 rings (SSSR count). The van der Waals surface area contributed by atoms with Crippen LogP contribution in [-0.4, -0.2) is 28.1 Å². The highest BCUT2D eigenvalue weighted by molar-refractivity contribution is 6.33. The molecule has 0 spiro atoms. The minimum absolute atomic E-state index is 0.0684. The van der Waals surface area contributed by atoms with Crippen LogP contribution in [0.5, 0.6) is 0 Å². The predicted octanol–water partition coefficient (Wildman–Crippen LogP) is 2.26.